The summed E-state index contributed by atoms with van der Waals surface area (Å²) in [5, 5.41) is 18.6. The molecule has 1 aromatic rings. The van der Waals surface area contributed by atoms with Gasteiger partial charge in [-0.3, -0.25) is 0 Å². The summed E-state index contributed by atoms with van der Waals surface area (Å²) in [4.78, 5) is 1.63. The molecule has 0 aliphatic carbocycles. The number of hydrogen-bond donors (Lipinski definition) is 1. The first kappa shape index (κ1) is 17.6. The van der Waals surface area contributed by atoms with Gasteiger partial charge in [-0.25, -0.2) is 0 Å². The Morgan fingerprint density at radius 1 is 1.35 bits per heavy atom. The fourth-order valence-corrected chi connectivity index (χ4v) is 2.66. The molecule has 4 nitrogen and oxygen atoms in total. The fourth-order valence-electron chi connectivity index (χ4n) is 2.66. The van der Waals surface area contributed by atoms with Crippen LogP contribution >= 0.6 is 0 Å². The van der Waals surface area contributed by atoms with Crippen LogP contribution in [-0.4, -0.2) is 48.5 Å². The highest BCUT2D eigenvalue weighted by atomic mass is 19.4. The van der Waals surface area contributed by atoms with E-state index in [0.717, 1.165) is 0 Å². The predicted molar refractivity (Wildman–Crippen MR) is 77.9 cm³/mol. The van der Waals surface area contributed by atoms with Gasteiger partial charge >= 0.3 is 6.18 Å². The van der Waals surface area contributed by atoms with Gasteiger partial charge in [-0.05, 0) is 43.7 Å². The van der Waals surface area contributed by atoms with Crippen molar-refractivity contribution in [1.29, 1.82) is 5.26 Å². The minimum atomic E-state index is -4.18. The Balaban J connectivity index is 1.77. The van der Waals surface area contributed by atoms with Gasteiger partial charge < -0.3 is 14.7 Å². The molecule has 0 spiro atoms. The van der Waals surface area contributed by atoms with E-state index < -0.39 is 18.2 Å². The van der Waals surface area contributed by atoms with Crippen molar-refractivity contribution in [1.82, 2.24) is 4.90 Å². The zero-order valence-corrected chi connectivity index (χ0v) is 12.6. The van der Waals surface area contributed by atoms with E-state index in [4.69, 9.17) is 10.00 Å². The second-order valence-corrected chi connectivity index (χ2v) is 5.74. The van der Waals surface area contributed by atoms with Crippen molar-refractivity contribution in [2.45, 2.75) is 25.1 Å². The van der Waals surface area contributed by atoms with Crippen LogP contribution in [0.3, 0.4) is 0 Å². The summed E-state index contributed by atoms with van der Waals surface area (Å²) in [7, 11) is 0. The first-order chi connectivity index (χ1) is 10.9. The van der Waals surface area contributed by atoms with Crippen LogP contribution in [0.15, 0.2) is 24.3 Å². The van der Waals surface area contributed by atoms with Crippen molar-refractivity contribution in [2.75, 3.05) is 26.2 Å². The van der Waals surface area contributed by atoms with Crippen LogP contribution in [-0.2, 0) is 0 Å². The number of β-amino-alcohol motifs (C(OH)–C–C–N with tert-alkyl or cyclic N) is 1. The summed E-state index contributed by atoms with van der Waals surface area (Å²) in [6, 6.07) is 8.41. The lowest BCUT2D eigenvalue weighted by Crippen LogP contribution is -2.45. The highest BCUT2D eigenvalue weighted by Gasteiger charge is 2.41. The van der Waals surface area contributed by atoms with Gasteiger partial charge in [-0.1, -0.05) is 0 Å². The zero-order valence-electron chi connectivity index (χ0n) is 12.6. The van der Waals surface area contributed by atoms with Gasteiger partial charge in [0.05, 0.1) is 17.6 Å². The molecule has 0 bridgehead atoms. The molecule has 2 atom stereocenters. The number of rotatable bonds is 5. The van der Waals surface area contributed by atoms with Crippen LogP contribution in [0.2, 0.25) is 0 Å². The maximum absolute atomic E-state index is 12.7. The van der Waals surface area contributed by atoms with E-state index in [1.807, 2.05) is 6.07 Å². The van der Waals surface area contributed by atoms with Crippen molar-refractivity contribution in [3.63, 3.8) is 0 Å². The van der Waals surface area contributed by atoms with E-state index in [9.17, 15) is 18.3 Å². The number of nitriles is 1. The predicted octanol–water partition coefficient (Wildman–Crippen LogP) is 2.57. The molecule has 0 aromatic heterocycles. The number of benzene rings is 1. The van der Waals surface area contributed by atoms with Gasteiger partial charge in [0.15, 0.2) is 0 Å². The summed E-state index contributed by atoms with van der Waals surface area (Å²) >= 11 is 0. The molecule has 2 rings (SSSR count). The summed E-state index contributed by atoms with van der Waals surface area (Å²) in [6.07, 6.45) is -4.41. The maximum atomic E-state index is 12.7. The number of alkyl halides is 3. The van der Waals surface area contributed by atoms with Crippen molar-refractivity contribution >= 4 is 0 Å². The lowest BCUT2D eigenvalue weighted by Gasteiger charge is -2.34. The molecule has 1 aliphatic heterocycles. The van der Waals surface area contributed by atoms with E-state index in [2.05, 4.69) is 0 Å². The Labute approximate surface area is 133 Å². The van der Waals surface area contributed by atoms with E-state index >= 15 is 0 Å². The normalized spacial score (nSPS) is 20.7. The van der Waals surface area contributed by atoms with E-state index in [1.54, 1.807) is 29.2 Å². The second kappa shape index (κ2) is 7.66. The highest BCUT2D eigenvalue weighted by Crippen LogP contribution is 2.33. The SMILES string of the molecule is N#Cc1ccc(OC[C@@H](O)CN2CCC[C@H](C(F)(F)F)C2)cc1. The lowest BCUT2D eigenvalue weighted by molar-refractivity contribution is -0.187. The van der Waals surface area contributed by atoms with Gasteiger partial charge in [0.2, 0.25) is 0 Å². The van der Waals surface area contributed by atoms with Gasteiger partial charge in [0.25, 0.3) is 0 Å². The maximum Gasteiger partial charge on any atom is 0.393 e. The van der Waals surface area contributed by atoms with Gasteiger partial charge in [-0.2, -0.15) is 18.4 Å². The molecule has 1 aromatic carbocycles. The molecule has 0 unspecified atom stereocenters. The van der Waals surface area contributed by atoms with Gasteiger partial charge in [-0.15, -0.1) is 0 Å². The Bertz CT molecular complexity index is 540. The van der Waals surface area contributed by atoms with Gasteiger partial charge in [0, 0.05) is 13.1 Å². The molecule has 23 heavy (non-hydrogen) atoms. The Hall–Kier alpha value is -1.78. The quantitative estimate of drug-likeness (QED) is 0.903. The Kier molecular flexibility index (Phi) is 5.85. The van der Waals surface area contributed by atoms with E-state index in [-0.39, 0.29) is 26.1 Å². The average Bonchev–Trinajstić information content (AvgIpc) is 2.53. The van der Waals surface area contributed by atoms with E-state index in [1.165, 1.54) is 0 Å². The summed E-state index contributed by atoms with van der Waals surface area (Å²) in [6.45, 7) is 0.639. The molecular weight excluding hydrogens is 309 g/mol. The third kappa shape index (κ3) is 5.41. The van der Waals surface area contributed by atoms with Crippen molar-refractivity contribution in [3.8, 4) is 11.8 Å². The molecule has 0 radical (unpaired) electrons. The van der Waals surface area contributed by atoms with Crippen LogP contribution in [0, 0.1) is 17.2 Å². The average molecular weight is 328 g/mol. The second-order valence-electron chi connectivity index (χ2n) is 5.74. The van der Waals surface area contributed by atoms with Crippen molar-refractivity contribution in [2.24, 2.45) is 5.92 Å². The largest absolute Gasteiger partial charge is 0.491 e. The Morgan fingerprint density at radius 2 is 2.04 bits per heavy atom. The number of ether oxygens (including phenoxy) is 1. The number of aliphatic hydroxyl groups is 1. The molecule has 7 heteroatoms. The number of halogens is 3. The molecular formula is C16H19F3N2O2. The molecule has 1 aliphatic rings. The lowest BCUT2D eigenvalue weighted by atomic mass is 9.97. The number of aliphatic hydroxyl groups excluding tert-OH is 1. The summed E-state index contributed by atoms with van der Waals surface area (Å²) < 4.78 is 43.6. The summed E-state index contributed by atoms with van der Waals surface area (Å²) in [5.74, 6) is -0.808. The van der Waals surface area contributed by atoms with Crippen LogP contribution < -0.4 is 4.74 Å². The van der Waals surface area contributed by atoms with Gasteiger partial charge in [0.1, 0.15) is 18.5 Å². The number of piperidine rings is 1. The third-order valence-corrected chi connectivity index (χ3v) is 3.86. The fraction of sp³-hybridized carbons (Fsp3) is 0.562. The zero-order chi connectivity index (χ0) is 16.9. The first-order valence-corrected chi connectivity index (χ1v) is 7.48. The van der Waals surface area contributed by atoms with Crippen molar-refractivity contribution in [3.05, 3.63) is 29.8 Å². The number of hydrogen-bond acceptors (Lipinski definition) is 4. The molecule has 1 saturated heterocycles. The summed E-state index contributed by atoms with van der Waals surface area (Å²) in [5.41, 5.74) is 0.504. The highest BCUT2D eigenvalue weighted by molar-refractivity contribution is 5.34. The molecule has 1 N–H and O–H groups in total. The molecule has 1 fully saturated rings. The van der Waals surface area contributed by atoms with Crippen LogP contribution in [0.4, 0.5) is 13.2 Å². The van der Waals surface area contributed by atoms with E-state index in [0.29, 0.717) is 24.3 Å². The minimum absolute atomic E-state index is 0.000908. The van der Waals surface area contributed by atoms with Crippen LogP contribution in [0.1, 0.15) is 18.4 Å². The standard InChI is InChI=1S/C16H19F3N2O2/c17-16(18,19)13-2-1-7-21(9-13)10-14(22)11-23-15-5-3-12(8-20)4-6-15/h3-6,13-14,22H,1-2,7,9-11H2/t13-,14-/m0/s1. The topological polar surface area (TPSA) is 56.5 Å². The van der Waals surface area contributed by atoms with Crippen LogP contribution in [0.5, 0.6) is 5.75 Å². The molecule has 0 saturated carbocycles. The van der Waals surface area contributed by atoms with Crippen molar-refractivity contribution < 1.29 is 23.0 Å². The molecule has 0 amide bonds. The molecule has 126 valence electrons. The monoisotopic (exact) mass is 328 g/mol. The first-order valence-electron chi connectivity index (χ1n) is 7.48. The molecule has 1 heterocycles. The number of likely N-dealkylation sites (tertiary alicyclic amines) is 1. The Morgan fingerprint density at radius 3 is 2.65 bits per heavy atom. The number of nitrogens with zero attached hydrogens (tertiary/aromatic N) is 2. The smallest absolute Gasteiger partial charge is 0.393 e. The third-order valence-electron chi connectivity index (χ3n) is 3.86. The van der Waals surface area contributed by atoms with Crippen LogP contribution in [0.25, 0.3) is 0 Å². The minimum Gasteiger partial charge on any atom is -0.491 e.